The fourth-order valence-corrected chi connectivity index (χ4v) is 4.27. The number of ether oxygens (including phenoxy) is 2. The van der Waals surface area contributed by atoms with Crippen LogP contribution in [0.3, 0.4) is 0 Å². The van der Waals surface area contributed by atoms with E-state index in [0.717, 1.165) is 11.4 Å². The van der Waals surface area contributed by atoms with Gasteiger partial charge in [0.2, 0.25) is 5.91 Å². The Morgan fingerprint density at radius 3 is 2.46 bits per heavy atom. The van der Waals surface area contributed by atoms with E-state index in [-0.39, 0.29) is 24.1 Å². The van der Waals surface area contributed by atoms with Crippen molar-refractivity contribution in [3.05, 3.63) is 90.3 Å². The Morgan fingerprint density at radius 2 is 1.73 bits per heavy atom. The smallest absolute Gasteiger partial charge is 0.251 e. The van der Waals surface area contributed by atoms with Crippen LogP contribution in [0.15, 0.2) is 84.0 Å². The van der Waals surface area contributed by atoms with Crippen molar-refractivity contribution >= 4 is 29.3 Å². The van der Waals surface area contributed by atoms with Crippen molar-refractivity contribution in [2.24, 2.45) is 0 Å². The molecule has 0 aliphatic carbocycles. The molecular formula is C27H27N5O4S. The number of para-hydroxylation sites is 1. The van der Waals surface area contributed by atoms with Crippen LogP contribution in [0.25, 0.3) is 5.69 Å². The van der Waals surface area contributed by atoms with E-state index in [9.17, 15) is 9.59 Å². The highest BCUT2D eigenvalue weighted by molar-refractivity contribution is 7.99. The first-order chi connectivity index (χ1) is 18.1. The Kier molecular flexibility index (Phi) is 8.77. The van der Waals surface area contributed by atoms with E-state index < -0.39 is 0 Å². The molecule has 4 rings (SSSR count). The van der Waals surface area contributed by atoms with Crippen molar-refractivity contribution in [2.45, 2.75) is 18.6 Å². The Morgan fingerprint density at radius 1 is 0.946 bits per heavy atom. The van der Waals surface area contributed by atoms with Gasteiger partial charge in [0, 0.05) is 16.9 Å². The van der Waals surface area contributed by atoms with E-state index in [1.807, 2.05) is 54.0 Å². The Labute approximate surface area is 219 Å². The first-order valence-corrected chi connectivity index (χ1v) is 12.6. The van der Waals surface area contributed by atoms with Gasteiger partial charge in [0.25, 0.3) is 5.91 Å². The molecule has 4 aromatic rings. The average Bonchev–Trinajstić information content (AvgIpc) is 3.35. The number of nitrogens with one attached hydrogen (secondary N) is 2. The van der Waals surface area contributed by atoms with E-state index in [1.165, 1.54) is 11.8 Å². The predicted octanol–water partition coefficient (Wildman–Crippen LogP) is 4.34. The summed E-state index contributed by atoms with van der Waals surface area (Å²) in [5, 5.41) is 14.9. The molecule has 10 heteroatoms. The van der Waals surface area contributed by atoms with Crippen molar-refractivity contribution < 1.29 is 19.1 Å². The quantitative estimate of drug-likeness (QED) is 0.285. The van der Waals surface area contributed by atoms with Crippen molar-refractivity contribution in [3.63, 3.8) is 0 Å². The largest absolute Gasteiger partial charge is 0.497 e. The molecule has 1 heterocycles. The van der Waals surface area contributed by atoms with Gasteiger partial charge in [-0.25, -0.2) is 0 Å². The number of carbonyl (C=O) groups excluding carboxylic acids is 2. The van der Waals surface area contributed by atoms with E-state index in [1.54, 1.807) is 43.5 Å². The normalized spacial score (nSPS) is 10.5. The number of hydrogen-bond acceptors (Lipinski definition) is 7. The standard InChI is InChI=1S/C27H27N5O4S/c1-3-36-22-14-12-20(13-15-22)29-25(33)18-37-27-31-30-24(32(27)21-9-5-4-6-10-21)17-28-26(34)19-8-7-11-23(16-19)35-2/h4-16H,3,17-18H2,1-2H3,(H,28,34)(H,29,33). The van der Waals surface area contributed by atoms with Crippen LogP contribution in [-0.2, 0) is 11.3 Å². The van der Waals surface area contributed by atoms with Gasteiger partial charge in [-0.2, -0.15) is 0 Å². The number of aromatic nitrogens is 3. The van der Waals surface area contributed by atoms with Crippen molar-refractivity contribution in [1.29, 1.82) is 0 Å². The van der Waals surface area contributed by atoms with Gasteiger partial charge in [-0.1, -0.05) is 36.0 Å². The molecule has 0 saturated carbocycles. The number of anilines is 1. The molecule has 0 radical (unpaired) electrons. The van der Waals surface area contributed by atoms with Gasteiger partial charge >= 0.3 is 0 Å². The van der Waals surface area contributed by atoms with Gasteiger partial charge in [-0.05, 0) is 61.5 Å². The summed E-state index contributed by atoms with van der Waals surface area (Å²) < 4.78 is 12.5. The lowest BCUT2D eigenvalue weighted by Gasteiger charge is -2.11. The predicted molar refractivity (Wildman–Crippen MR) is 142 cm³/mol. The number of rotatable bonds is 11. The molecule has 1 aromatic heterocycles. The maximum absolute atomic E-state index is 12.7. The third-order valence-corrected chi connectivity index (χ3v) is 6.16. The monoisotopic (exact) mass is 517 g/mol. The molecule has 2 N–H and O–H groups in total. The zero-order valence-corrected chi connectivity index (χ0v) is 21.3. The molecule has 37 heavy (non-hydrogen) atoms. The summed E-state index contributed by atoms with van der Waals surface area (Å²) in [6.45, 7) is 2.65. The number of amides is 2. The zero-order chi connectivity index (χ0) is 26.0. The van der Waals surface area contributed by atoms with Crippen LogP contribution in [0.1, 0.15) is 23.1 Å². The minimum Gasteiger partial charge on any atom is -0.497 e. The molecule has 0 unspecified atom stereocenters. The highest BCUT2D eigenvalue weighted by atomic mass is 32.2. The molecule has 0 fully saturated rings. The topological polar surface area (TPSA) is 107 Å². The number of thioether (sulfide) groups is 1. The number of hydrogen-bond donors (Lipinski definition) is 2. The lowest BCUT2D eigenvalue weighted by Crippen LogP contribution is -2.24. The van der Waals surface area contributed by atoms with Gasteiger partial charge in [0.1, 0.15) is 11.5 Å². The molecule has 0 bridgehead atoms. The van der Waals surface area contributed by atoms with Gasteiger partial charge < -0.3 is 20.1 Å². The van der Waals surface area contributed by atoms with E-state index in [4.69, 9.17) is 9.47 Å². The number of methoxy groups -OCH3 is 1. The molecule has 3 aromatic carbocycles. The second-order valence-electron chi connectivity index (χ2n) is 7.78. The Balaban J connectivity index is 1.44. The van der Waals surface area contributed by atoms with Crippen molar-refractivity contribution in [3.8, 4) is 17.2 Å². The van der Waals surface area contributed by atoms with Crippen LogP contribution in [0.5, 0.6) is 11.5 Å². The third kappa shape index (κ3) is 6.89. The molecule has 0 spiro atoms. The summed E-state index contributed by atoms with van der Waals surface area (Å²) >= 11 is 1.26. The maximum Gasteiger partial charge on any atom is 0.251 e. The van der Waals surface area contributed by atoms with Gasteiger partial charge in [0.05, 0.1) is 26.0 Å². The first-order valence-electron chi connectivity index (χ1n) is 11.6. The second-order valence-corrected chi connectivity index (χ2v) is 8.72. The molecule has 0 saturated heterocycles. The first kappa shape index (κ1) is 25.8. The molecule has 9 nitrogen and oxygen atoms in total. The molecule has 0 aliphatic rings. The summed E-state index contributed by atoms with van der Waals surface area (Å²) in [6, 6.07) is 23.7. The SMILES string of the molecule is CCOc1ccc(NC(=O)CSc2nnc(CNC(=O)c3cccc(OC)c3)n2-c2ccccc2)cc1. The average molecular weight is 518 g/mol. The summed E-state index contributed by atoms with van der Waals surface area (Å²) in [5.74, 6) is 1.58. The molecule has 190 valence electrons. The Hall–Kier alpha value is -4.31. The maximum atomic E-state index is 12.7. The summed E-state index contributed by atoms with van der Waals surface area (Å²) in [4.78, 5) is 25.3. The minimum atomic E-state index is -0.259. The number of benzene rings is 3. The second kappa shape index (κ2) is 12.6. The minimum absolute atomic E-state index is 0.133. The van der Waals surface area contributed by atoms with Crippen LogP contribution < -0.4 is 20.1 Å². The Bertz CT molecular complexity index is 1340. The van der Waals surface area contributed by atoms with Crippen LogP contribution >= 0.6 is 11.8 Å². The van der Waals surface area contributed by atoms with E-state index in [2.05, 4.69) is 20.8 Å². The van der Waals surface area contributed by atoms with Gasteiger partial charge in [0.15, 0.2) is 11.0 Å². The van der Waals surface area contributed by atoms with Crippen LogP contribution in [0.2, 0.25) is 0 Å². The van der Waals surface area contributed by atoms with Crippen molar-refractivity contribution in [1.82, 2.24) is 20.1 Å². The molecular weight excluding hydrogens is 490 g/mol. The van der Waals surface area contributed by atoms with E-state index >= 15 is 0 Å². The van der Waals surface area contributed by atoms with Crippen LogP contribution in [-0.4, -0.2) is 46.0 Å². The zero-order valence-electron chi connectivity index (χ0n) is 20.5. The van der Waals surface area contributed by atoms with Gasteiger partial charge in [-0.3, -0.25) is 14.2 Å². The summed E-state index contributed by atoms with van der Waals surface area (Å²) in [5.41, 5.74) is 1.98. The van der Waals surface area contributed by atoms with E-state index in [0.29, 0.717) is 34.6 Å². The molecule has 2 amide bonds. The number of nitrogens with zero attached hydrogens (tertiary/aromatic N) is 3. The molecule has 0 aliphatic heterocycles. The number of carbonyl (C=O) groups is 2. The van der Waals surface area contributed by atoms with Crippen LogP contribution in [0.4, 0.5) is 5.69 Å². The highest BCUT2D eigenvalue weighted by Crippen LogP contribution is 2.23. The lowest BCUT2D eigenvalue weighted by molar-refractivity contribution is -0.113. The summed E-state index contributed by atoms with van der Waals surface area (Å²) in [6.07, 6.45) is 0. The fraction of sp³-hybridized carbons (Fsp3) is 0.185. The third-order valence-electron chi connectivity index (χ3n) is 5.24. The summed E-state index contributed by atoms with van der Waals surface area (Å²) in [7, 11) is 1.55. The highest BCUT2D eigenvalue weighted by Gasteiger charge is 2.17. The molecule has 0 atom stereocenters. The van der Waals surface area contributed by atoms with Crippen molar-refractivity contribution in [2.75, 3.05) is 24.8 Å². The lowest BCUT2D eigenvalue weighted by atomic mass is 10.2. The van der Waals surface area contributed by atoms with Crippen LogP contribution in [0, 0.1) is 0 Å². The van der Waals surface area contributed by atoms with Gasteiger partial charge in [-0.15, -0.1) is 10.2 Å². The fourth-order valence-electron chi connectivity index (χ4n) is 3.50.